The van der Waals surface area contributed by atoms with Crippen LogP contribution in [0.2, 0.25) is 0 Å². The van der Waals surface area contributed by atoms with Crippen LogP contribution >= 0.6 is 0 Å². The number of fused-ring (bicyclic) bond motifs is 2. The predicted molar refractivity (Wildman–Crippen MR) is 106 cm³/mol. The summed E-state index contributed by atoms with van der Waals surface area (Å²) in [6.45, 7) is 3.96. The van der Waals surface area contributed by atoms with Crippen molar-refractivity contribution in [3.63, 3.8) is 0 Å². The fourth-order valence-electron chi connectivity index (χ4n) is 4.80. The summed E-state index contributed by atoms with van der Waals surface area (Å²) in [4.78, 5) is 25.4. The van der Waals surface area contributed by atoms with Gasteiger partial charge in [0.05, 0.1) is 29.9 Å². The van der Waals surface area contributed by atoms with Crippen molar-refractivity contribution >= 4 is 11.9 Å². The number of hydrogen-bond donors (Lipinski definition) is 0. The van der Waals surface area contributed by atoms with Gasteiger partial charge in [0.25, 0.3) is 0 Å². The average molecular weight is 407 g/mol. The maximum atomic E-state index is 13.6. The largest absolute Gasteiger partial charge is 0.376 e. The Labute approximate surface area is 174 Å². The first kappa shape index (κ1) is 19.1. The van der Waals surface area contributed by atoms with Crippen LogP contribution in [0.5, 0.6) is 0 Å². The standard InChI is InChI=1S/C22H22FN5O2/c23-18-4-3-15(8-16(18)9-24)11-27-7-5-22(13-27)14-30-12-17-10-25-21(26-20(17)22)28-6-1-2-19(28)29/h3-4,8,10H,1-2,5-7,11-14H2/t22-/m0/s1. The lowest BCUT2D eigenvalue weighted by Crippen LogP contribution is -2.41. The van der Waals surface area contributed by atoms with Gasteiger partial charge in [-0.3, -0.25) is 14.6 Å². The fourth-order valence-corrected chi connectivity index (χ4v) is 4.80. The van der Waals surface area contributed by atoms with Crippen molar-refractivity contribution in [3.8, 4) is 6.07 Å². The summed E-state index contributed by atoms with van der Waals surface area (Å²) in [7, 11) is 0. The van der Waals surface area contributed by atoms with Crippen LogP contribution < -0.4 is 4.90 Å². The highest BCUT2D eigenvalue weighted by Crippen LogP contribution is 2.40. The SMILES string of the molecule is N#Cc1cc(CN2CC[C@@]3(COCc4cnc(N5CCCC5=O)nc43)C2)ccc1F. The zero-order valence-corrected chi connectivity index (χ0v) is 16.6. The molecular formula is C22H22FN5O2. The molecule has 1 spiro atoms. The Morgan fingerprint density at radius 3 is 3.03 bits per heavy atom. The van der Waals surface area contributed by atoms with E-state index in [-0.39, 0.29) is 16.9 Å². The van der Waals surface area contributed by atoms with E-state index in [1.165, 1.54) is 6.07 Å². The molecule has 3 aliphatic rings. The van der Waals surface area contributed by atoms with Crippen LogP contribution in [-0.2, 0) is 28.1 Å². The van der Waals surface area contributed by atoms with Crippen LogP contribution in [0.3, 0.4) is 0 Å². The molecule has 154 valence electrons. The minimum atomic E-state index is -0.491. The minimum absolute atomic E-state index is 0.0698. The Morgan fingerprint density at radius 2 is 2.23 bits per heavy atom. The molecule has 0 N–H and O–H groups in total. The second-order valence-electron chi connectivity index (χ2n) is 8.35. The summed E-state index contributed by atoms with van der Waals surface area (Å²) >= 11 is 0. The van der Waals surface area contributed by atoms with Crippen molar-refractivity contribution in [2.24, 2.45) is 0 Å². The maximum absolute atomic E-state index is 13.6. The highest BCUT2D eigenvalue weighted by atomic mass is 19.1. The third-order valence-electron chi connectivity index (χ3n) is 6.30. The number of halogens is 1. The quantitative estimate of drug-likeness (QED) is 0.777. The van der Waals surface area contributed by atoms with Crippen LogP contribution in [0.4, 0.5) is 10.3 Å². The monoisotopic (exact) mass is 407 g/mol. The summed E-state index contributed by atoms with van der Waals surface area (Å²) in [5, 5.41) is 9.08. The molecule has 0 aliphatic carbocycles. The summed E-state index contributed by atoms with van der Waals surface area (Å²) < 4.78 is 19.5. The lowest BCUT2D eigenvalue weighted by Gasteiger charge is -2.35. The van der Waals surface area contributed by atoms with Gasteiger partial charge in [-0.2, -0.15) is 5.26 Å². The van der Waals surface area contributed by atoms with Crippen LogP contribution in [0.25, 0.3) is 0 Å². The Balaban J connectivity index is 1.40. The number of carbonyl (C=O) groups excluding carboxylic acids is 1. The molecule has 1 amide bonds. The van der Waals surface area contributed by atoms with Crippen molar-refractivity contribution in [1.82, 2.24) is 14.9 Å². The first-order chi connectivity index (χ1) is 14.6. The molecule has 1 aromatic heterocycles. The molecule has 2 aromatic rings. The van der Waals surface area contributed by atoms with E-state index in [0.29, 0.717) is 38.7 Å². The maximum Gasteiger partial charge on any atom is 0.232 e. The first-order valence-electron chi connectivity index (χ1n) is 10.2. The van der Waals surface area contributed by atoms with Crippen molar-refractivity contribution in [2.45, 2.75) is 37.8 Å². The van der Waals surface area contributed by atoms with Crippen molar-refractivity contribution in [1.29, 1.82) is 5.26 Å². The molecule has 5 rings (SSSR count). The Hall–Kier alpha value is -2.89. The number of carbonyl (C=O) groups is 1. The van der Waals surface area contributed by atoms with E-state index in [4.69, 9.17) is 15.0 Å². The number of likely N-dealkylation sites (tertiary alicyclic amines) is 1. The number of anilines is 1. The van der Waals surface area contributed by atoms with E-state index < -0.39 is 5.82 Å². The molecule has 4 heterocycles. The van der Waals surface area contributed by atoms with Crippen molar-refractivity contribution < 1.29 is 13.9 Å². The third kappa shape index (κ3) is 3.24. The number of hydrogen-bond acceptors (Lipinski definition) is 6. The van der Waals surface area contributed by atoms with Crippen LogP contribution in [0.1, 0.15) is 41.6 Å². The second-order valence-corrected chi connectivity index (χ2v) is 8.35. The van der Waals surface area contributed by atoms with Crippen LogP contribution in [-0.4, -0.2) is 47.0 Å². The topological polar surface area (TPSA) is 82.4 Å². The van der Waals surface area contributed by atoms with Crippen LogP contribution in [0.15, 0.2) is 24.4 Å². The summed E-state index contributed by atoms with van der Waals surface area (Å²) in [6.07, 6.45) is 4.07. The van der Waals surface area contributed by atoms with Gasteiger partial charge in [-0.15, -0.1) is 0 Å². The van der Waals surface area contributed by atoms with E-state index >= 15 is 0 Å². The molecule has 2 saturated heterocycles. The van der Waals surface area contributed by atoms with Gasteiger partial charge in [-0.1, -0.05) is 6.07 Å². The van der Waals surface area contributed by atoms with Gasteiger partial charge < -0.3 is 4.74 Å². The molecule has 1 aromatic carbocycles. The Kier molecular flexibility index (Phi) is 4.72. The van der Waals surface area contributed by atoms with Crippen LogP contribution in [0, 0.1) is 17.1 Å². The number of ether oxygens (including phenoxy) is 1. The molecule has 2 fully saturated rings. The highest BCUT2D eigenvalue weighted by Gasteiger charge is 2.45. The van der Waals surface area contributed by atoms with Gasteiger partial charge in [0.15, 0.2) is 0 Å². The fraction of sp³-hybridized carbons (Fsp3) is 0.455. The lowest BCUT2D eigenvalue weighted by molar-refractivity contribution is -0.117. The van der Waals surface area contributed by atoms with E-state index in [2.05, 4.69) is 9.88 Å². The molecule has 0 saturated carbocycles. The van der Waals surface area contributed by atoms with Gasteiger partial charge >= 0.3 is 0 Å². The molecular weight excluding hydrogens is 385 g/mol. The van der Waals surface area contributed by atoms with Gasteiger partial charge in [-0.25, -0.2) is 14.4 Å². The van der Waals surface area contributed by atoms with Gasteiger partial charge in [0.1, 0.15) is 11.9 Å². The van der Waals surface area contributed by atoms with Crippen molar-refractivity contribution in [2.75, 3.05) is 31.1 Å². The van der Waals surface area contributed by atoms with E-state index in [1.807, 2.05) is 6.07 Å². The van der Waals surface area contributed by atoms with Gasteiger partial charge in [0.2, 0.25) is 11.9 Å². The molecule has 0 unspecified atom stereocenters. The Morgan fingerprint density at radius 1 is 1.33 bits per heavy atom. The molecule has 0 bridgehead atoms. The number of benzene rings is 1. The molecule has 3 aliphatic heterocycles. The molecule has 30 heavy (non-hydrogen) atoms. The number of nitrogens with zero attached hydrogens (tertiary/aromatic N) is 5. The minimum Gasteiger partial charge on any atom is -0.376 e. The van der Waals surface area contributed by atoms with Crippen molar-refractivity contribution in [3.05, 3.63) is 52.6 Å². The first-order valence-corrected chi connectivity index (χ1v) is 10.2. The molecule has 7 nitrogen and oxygen atoms in total. The Bertz CT molecular complexity index is 1050. The normalized spacial score (nSPS) is 23.7. The number of nitriles is 1. The van der Waals surface area contributed by atoms with E-state index in [0.717, 1.165) is 42.8 Å². The summed E-state index contributed by atoms with van der Waals surface area (Å²) in [6, 6.07) is 6.60. The lowest BCUT2D eigenvalue weighted by atomic mass is 9.80. The summed E-state index contributed by atoms with van der Waals surface area (Å²) in [5.74, 6) is 0.0799. The zero-order chi connectivity index (χ0) is 20.7. The van der Waals surface area contributed by atoms with Gasteiger partial charge in [-0.05, 0) is 37.1 Å². The highest BCUT2D eigenvalue weighted by molar-refractivity contribution is 5.93. The van der Waals surface area contributed by atoms with E-state index in [1.54, 1.807) is 23.2 Å². The zero-order valence-electron chi connectivity index (χ0n) is 16.6. The van der Waals surface area contributed by atoms with Gasteiger partial charge in [0, 0.05) is 37.8 Å². The number of amides is 1. The smallest absolute Gasteiger partial charge is 0.232 e. The second kappa shape index (κ2) is 7.42. The predicted octanol–water partition coefficient (Wildman–Crippen LogP) is 2.29. The summed E-state index contributed by atoms with van der Waals surface area (Å²) in [5.41, 5.74) is 2.70. The van der Waals surface area contributed by atoms with E-state index in [9.17, 15) is 9.18 Å². The molecule has 1 atom stereocenters. The third-order valence-corrected chi connectivity index (χ3v) is 6.30. The molecule has 0 radical (unpaired) electrons. The number of aromatic nitrogens is 2. The molecule has 8 heteroatoms. The average Bonchev–Trinajstić information content (AvgIpc) is 3.36. The number of rotatable bonds is 3.